The monoisotopic (exact) mass is 304 g/mol. The van der Waals surface area contributed by atoms with Crippen LogP contribution in [0.4, 0.5) is 4.79 Å². The summed E-state index contributed by atoms with van der Waals surface area (Å²) in [5.41, 5.74) is 12.0. The summed E-state index contributed by atoms with van der Waals surface area (Å²) in [4.78, 5) is 14.7. The van der Waals surface area contributed by atoms with Gasteiger partial charge in [0, 0.05) is 6.42 Å². The first kappa shape index (κ1) is 16.0. The van der Waals surface area contributed by atoms with Gasteiger partial charge in [-0.2, -0.15) is 4.98 Å². The Labute approximate surface area is 128 Å². The van der Waals surface area contributed by atoms with Crippen molar-refractivity contribution < 1.29 is 14.1 Å². The molecule has 1 atom stereocenters. The SMILES string of the molecule is NC(=O)OCCCCC(N)c1nc(Cc2ccccc2)no1. The van der Waals surface area contributed by atoms with Crippen molar-refractivity contribution in [3.63, 3.8) is 0 Å². The zero-order valence-corrected chi connectivity index (χ0v) is 12.3. The quantitative estimate of drug-likeness (QED) is 0.719. The van der Waals surface area contributed by atoms with E-state index in [9.17, 15) is 4.79 Å². The largest absolute Gasteiger partial charge is 0.450 e. The van der Waals surface area contributed by atoms with Gasteiger partial charge in [0.15, 0.2) is 5.82 Å². The fourth-order valence-electron chi connectivity index (χ4n) is 2.03. The number of ether oxygens (including phenoxy) is 1. The molecular formula is C15H20N4O3. The molecule has 118 valence electrons. The number of rotatable bonds is 8. The number of hydrogen-bond acceptors (Lipinski definition) is 6. The molecule has 2 aromatic rings. The Morgan fingerprint density at radius 3 is 2.77 bits per heavy atom. The van der Waals surface area contributed by atoms with Crippen LogP contribution in [0.25, 0.3) is 0 Å². The summed E-state index contributed by atoms with van der Waals surface area (Å²) < 4.78 is 9.85. The van der Waals surface area contributed by atoms with E-state index in [-0.39, 0.29) is 6.04 Å². The first-order chi connectivity index (χ1) is 10.6. The van der Waals surface area contributed by atoms with Gasteiger partial charge in [-0.25, -0.2) is 4.79 Å². The minimum Gasteiger partial charge on any atom is -0.450 e. The number of benzene rings is 1. The molecule has 0 saturated heterocycles. The standard InChI is InChI=1S/C15H20N4O3/c16-12(8-4-5-9-21-15(17)20)14-18-13(19-22-14)10-11-6-2-1-3-7-11/h1-3,6-7,12H,4-5,8-10,16H2,(H2,17,20). The lowest BCUT2D eigenvalue weighted by Crippen LogP contribution is -2.14. The third kappa shape index (κ3) is 5.17. The highest BCUT2D eigenvalue weighted by Gasteiger charge is 2.14. The zero-order chi connectivity index (χ0) is 15.8. The minimum atomic E-state index is -0.758. The summed E-state index contributed by atoms with van der Waals surface area (Å²) in [5.74, 6) is 1.05. The number of amides is 1. The molecule has 1 aromatic heterocycles. The van der Waals surface area contributed by atoms with Crippen LogP contribution in [0.5, 0.6) is 0 Å². The molecule has 0 spiro atoms. The summed E-state index contributed by atoms with van der Waals surface area (Å²) in [5, 5.41) is 3.95. The van der Waals surface area contributed by atoms with Gasteiger partial charge < -0.3 is 20.7 Å². The molecule has 0 bridgehead atoms. The molecule has 0 aliphatic heterocycles. The molecule has 7 heteroatoms. The molecular weight excluding hydrogens is 284 g/mol. The van der Waals surface area contributed by atoms with Crippen molar-refractivity contribution >= 4 is 6.09 Å². The lowest BCUT2D eigenvalue weighted by molar-refractivity contribution is 0.154. The maximum Gasteiger partial charge on any atom is 0.404 e. The Morgan fingerprint density at radius 1 is 1.27 bits per heavy atom. The van der Waals surface area contributed by atoms with E-state index < -0.39 is 6.09 Å². The molecule has 22 heavy (non-hydrogen) atoms. The van der Waals surface area contributed by atoms with Crippen molar-refractivity contribution in [2.75, 3.05) is 6.61 Å². The van der Waals surface area contributed by atoms with Crippen molar-refractivity contribution in [1.82, 2.24) is 10.1 Å². The van der Waals surface area contributed by atoms with Gasteiger partial charge in [-0.3, -0.25) is 0 Å². The molecule has 1 unspecified atom stereocenters. The number of carbonyl (C=O) groups excluding carboxylic acids is 1. The fourth-order valence-corrected chi connectivity index (χ4v) is 2.03. The third-order valence-corrected chi connectivity index (χ3v) is 3.16. The molecule has 1 amide bonds. The number of hydrogen-bond donors (Lipinski definition) is 2. The zero-order valence-electron chi connectivity index (χ0n) is 12.3. The van der Waals surface area contributed by atoms with Crippen LogP contribution in [0, 0.1) is 0 Å². The fraction of sp³-hybridized carbons (Fsp3) is 0.400. The topological polar surface area (TPSA) is 117 Å². The smallest absolute Gasteiger partial charge is 0.404 e. The van der Waals surface area contributed by atoms with Crippen LogP contribution in [-0.2, 0) is 11.2 Å². The molecule has 0 fully saturated rings. The summed E-state index contributed by atoms with van der Waals surface area (Å²) in [6, 6.07) is 9.60. The summed E-state index contributed by atoms with van der Waals surface area (Å²) >= 11 is 0. The maximum atomic E-state index is 10.4. The molecule has 2 rings (SSSR count). The van der Waals surface area contributed by atoms with E-state index in [0.717, 1.165) is 12.0 Å². The predicted octanol–water partition coefficient (Wildman–Crippen LogP) is 1.93. The van der Waals surface area contributed by atoms with Crippen LogP contribution in [0.1, 0.15) is 42.6 Å². The van der Waals surface area contributed by atoms with E-state index in [4.69, 9.17) is 16.0 Å². The minimum absolute atomic E-state index is 0.297. The molecule has 1 aromatic carbocycles. The highest BCUT2D eigenvalue weighted by Crippen LogP contribution is 2.16. The molecule has 1 heterocycles. The van der Waals surface area contributed by atoms with Gasteiger partial charge in [-0.05, 0) is 24.8 Å². The van der Waals surface area contributed by atoms with Gasteiger partial charge in [0.1, 0.15) is 0 Å². The Kier molecular flexibility index (Phi) is 5.91. The van der Waals surface area contributed by atoms with E-state index in [1.165, 1.54) is 0 Å². The highest BCUT2D eigenvalue weighted by molar-refractivity contribution is 5.64. The number of nitrogens with two attached hydrogens (primary N) is 2. The van der Waals surface area contributed by atoms with Gasteiger partial charge in [-0.15, -0.1) is 0 Å². The van der Waals surface area contributed by atoms with Crippen LogP contribution in [0.15, 0.2) is 34.9 Å². The summed E-state index contributed by atoms with van der Waals surface area (Å²) in [7, 11) is 0. The van der Waals surface area contributed by atoms with E-state index in [1.807, 2.05) is 30.3 Å². The van der Waals surface area contributed by atoms with E-state index in [1.54, 1.807) is 0 Å². The van der Waals surface area contributed by atoms with Crippen LogP contribution in [-0.4, -0.2) is 22.8 Å². The van der Waals surface area contributed by atoms with E-state index >= 15 is 0 Å². The normalized spacial score (nSPS) is 12.0. The Balaban J connectivity index is 1.76. The molecule has 0 aliphatic carbocycles. The number of primary amides is 1. The number of carbonyl (C=O) groups is 1. The third-order valence-electron chi connectivity index (χ3n) is 3.16. The Hall–Kier alpha value is -2.41. The second-order valence-electron chi connectivity index (χ2n) is 4.98. The van der Waals surface area contributed by atoms with E-state index in [2.05, 4.69) is 14.9 Å². The first-order valence-electron chi connectivity index (χ1n) is 7.19. The van der Waals surface area contributed by atoms with Gasteiger partial charge in [0.25, 0.3) is 0 Å². The van der Waals surface area contributed by atoms with Crippen LogP contribution in [0.3, 0.4) is 0 Å². The van der Waals surface area contributed by atoms with Crippen molar-refractivity contribution in [2.45, 2.75) is 31.7 Å². The second kappa shape index (κ2) is 8.14. The molecule has 0 radical (unpaired) electrons. The number of aromatic nitrogens is 2. The van der Waals surface area contributed by atoms with E-state index in [0.29, 0.717) is 37.6 Å². The van der Waals surface area contributed by atoms with Crippen LogP contribution >= 0.6 is 0 Å². The lowest BCUT2D eigenvalue weighted by Gasteiger charge is -2.06. The predicted molar refractivity (Wildman–Crippen MR) is 79.9 cm³/mol. The molecule has 4 N–H and O–H groups in total. The van der Waals surface area contributed by atoms with Crippen molar-refractivity contribution in [2.24, 2.45) is 11.5 Å². The van der Waals surface area contributed by atoms with Gasteiger partial charge in [0.05, 0.1) is 12.6 Å². The first-order valence-corrected chi connectivity index (χ1v) is 7.19. The van der Waals surface area contributed by atoms with Gasteiger partial charge in [0.2, 0.25) is 5.89 Å². The maximum absolute atomic E-state index is 10.4. The van der Waals surface area contributed by atoms with Gasteiger partial charge >= 0.3 is 6.09 Å². The van der Waals surface area contributed by atoms with Crippen LogP contribution < -0.4 is 11.5 Å². The summed E-state index contributed by atoms with van der Waals surface area (Å²) in [6.45, 7) is 0.297. The van der Waals surface area contributed by atoms with Crippen LogP contribution in [0.2, 0.25) is 0 Å². The molecule has 7 nitrogen and oxygen atoms in total. The second-order valence-corrected chi connectivity index (χ2v) is 4.98. The Bertz CT molecular complexity index is 585. The van der Waals surface area contributed by atoms with Crippen molar-refractivity contribution in [3.8, 4) is 0 Å². The van der Waals surface area contributed by atoms with Gasteiger partial charge in [-0.1, -0.05) is 35.5 Å². The average molecular weight is 304 g/mol. The molecule has 0 saturated carbocycles. The average Bonchev–Trinajstić information content (AvgIpc) is 2.96. The lowest BCUT2D eigenvalue weighted by atomic mass is 10.1. The van der Waals surface area contributed by atoms with Crippen molar-refractivity contribution in [3.05, 3.63) is 47.6 Å². The summed E-state index contributed by atoms with van der Waals surface area (Å²) in [6.07, 6.45) is 2.01. The number of unbranched alkanes of at least 4 members (excludes halogenated alkanes) is 1. The number of nitrogens with zero attached hydrogens (tertiary/aromatic N) is 2. The highest BCUT2D eigenvalue weighted by atomic mass is 16.5. The molecule has 0 aliphatic rings. The van der Waals surface area contributed by atoms with Crippen molar-refractivity contribution in [1.29, 1.82) is 0 Å². The Morgan fingerprint density at radius 2 is 2.05 bits per heavy atom.